The lowest BCUT2D eigenvalue weighted by Crippen LogP contribution is -2.42. The number of methoxy groups -OCH3 is 2. The standard InChI is InChI=1S/C21H23N5O4S/c1-4-26-19(15-10-16(29-2)12-17(11-15)30-3)23-25-21(26)31-13-18(27)22-24-20(28)14-8-6-5-7-9-14/h5-12H,4,13H2,1-3H3,(H,22,27)(H,24,28). The van der Waals surface area contributed by atoms with Crippen LogP contribution in [0, 0.1) is 0 Å². The van der Waals surface area contributed by atoms with Crippen molar-refractivity contribution in [2.75, 3.05) is 20.0 Å². The van der Waals surface area contributed by atoms with Crippen molar-refractivity contribution in [3.8, 4) is 22.9 Å². The Morgan fingerprint density at radius 2 is 1.68 bits per heavy atom. The molecular formula is C21H23N5O4S. The summed E-state index contributed by atoms with van der Waals surface area (Å²) < 4.78 is 12.5. The summed E-state index contributed by atoms with van der Waals surface area (Å²) in [6.07, 6.45) is 0. The van der Waals surface area contributed by atoms with E-state index in [-0.39, 0.29) is 17.6 Å². The van der Waals surface area contributed by atoms with E-state index in [1.54, 1.807) is 44.6 Å². The fraction of sp³-hybridized carbons (Fsp3) is 0.238. The molecule has 0 fully saturated rings. The van der Waals surface area contributed by atoms with Crippen LogP contribution >= 0.6 is 11.8 Å². The second kappa shape index (κ2) is 10.5. The van der Waals surface area contributed by atoms with E-state index < -0.39 is 0 Å². The van der Waals surface area contributed by atoms with Gasteiger partial charge in [-0.1, -0.05) is 30.0 Å². The number of benzene rings is 2. The molecule has 1 aromatic heterocycles. The molecule has 0 bridgehead atoms. The Morgan fingerprint density at radius 1 is 1.00 bits per heavy atom. The molecule has 3 aromatic rings. The number of hydrogen-bond acceptors (Lipinski definition) is 7. The molecule has 0 atom stereocenters. The minimum Gasteiger partial charge on any atom is -0.497 e. The van der Waals surface area contributed by atoms with E-state index in [1.807, 2.05) is 29.7 Å². The van der Waals surface area contributed by atoms with E-state index in [9.17, 15) is 9.59 Å². The number of carbonyl (C=O) groups is 2. The number of nitrogens with one attached hydrogen (secondary N) is 2. The van der Waals surface area contributed by atoms with Gasteiger partial charge in [0.15, 0.2) is 11.0 Å². The maximum absolute atomic E-state index is 12.2. The monoisotopic (exact) mass is 441 g/mol. The van der Waals surface area contributed by atoms with Crippen LogP contribution in [0.1, 0.15) is 17.3 Å². The van der Waals surface area contributed by atoms with Crippen LogP contribution in [-0.2, 0) is 11.3 Å². The number of carbonyl (C=O) groups excluding carboxylic acids is 2. The Balaban J connectivity index is 1.65. The smallest absolute Gasteiger partial charge is 0.269 e. The maximum atomic E-state index is 12.2. The molecule has 0 aliphatic rings. The predicted molar refractivity (Wildman–Crippen MR) is 117 cm³/mol. The summed E-state index contributed by atoms with van der Waals surface area (Å²) in [6.45, 7) is 2.57. The van der Waals surface area contributed by atoms with Crippen molar-refractivity contribution in [1.29, 1.82) is 0 Å². The summed E-state index contributed by atoms with van der Waals surface area (Å²) >= 11 is 1.23. The zero-order chi connectivity index (χ0) is 22.2. The van der Waals surface area contributed by atoms with Crippen LogP contribution < -0.4 is 20.3 Å². The third kappa shape index (κ3) is 5.54. The average molecular weight is 442 g/mol. The lowest BCUT2D eigenvalue weighted by Gasteiger charge is -2.10. The van der Waals surface area contributed by atoms with Gasteiger partial charge in [0.25, 0.3) is 5.91 Å². The van der Waals surface area contributed by atoms with Gasteiger partial charge in [-0.2, -0.15) is 0 Å². The Labute approximate surface area is 184 Å². The predicted octanol–water partition coefficient (Wildman–Crippen LogP) is 2.54. The molecule has 10 heteroatoms. The van der Waals surface area contributed by atoms with Gasteiger partial charge < -0.3 is 14.0 Å². The third-order valence-electron chi connectivity index (χ3n) is 4.33. The lowest BCUT2D eigenvalue weighted by atomic mass is 10.2. The molecule has 0 aliphatic heterocycles. The number of aromatic nitrogens is 3. The van der Waals surface area contributed by atoms with Gasteiger partial charge in [0.1, 0.15) is 11.5 Å². The first-order chi connectivity index (χ1) is 15.0. The third-order valence-corrected chi connectivity index (χ3v) is 5.29. The van der Waals surface area contributed by atoms with Gasteiger partial charge in [-0.3, -0.25) is 20.4 Å². The molecule has 0 radical (unpaired) electrons. The summed E-state index contributed by atoms with van der Waals surface area (Å²) in [5.74, 6) is 1.24. The summed E-state index contributed by atoms with van der Waals surface area (Å²) in [7, 11) is 3.17. The summed E-state index contributed by atoms with van der Waals surface area (Å²) in [5, 5.41) is 9.08. The first kappa shape index (κ1) is 22.2. The van der Waals surface area contributed by atoms with Crippen molar-refractivity contribution in [1.82, 2.24) is 25.6 Å². The number of amides is 2. The quantitative estimate of drug-likeness (QED) is 0.409. The summed E-state index contributed by atoms with van der Waals surface area (Å²) in [5.41, 5.74) is 6.05. The fourth-order valence-corrected chi connectivity index (χ4v) is 3.59. The zero-order valence-electron chi connectivity index (χ0n) is 17.4. The topological polar surface area (TPSA) is 107 Å². The minimum absolute atomic E-state index is 0.0641. The Morgan fingerprint density at radius 3 is 2.29 bits per heavy atom. The van der Waals surface area contributed by atoms with E-state index in [4.69, 9.17) is 9.47 Å². The molecule has 0 saturated heterocycles. The van der Waals surface area contributed by atoms with Crippen LogP contribution in [0.4, 0.5) is 0 Å². The van der Waals surface area contributed by atoms with Crippen LogP contribution in [0.15, 0.2) is 53.7 Å². The van der Waals surface area contributed by atoms with Gasteiger partial charge in [0.2, 0.25) is 5.91 Å². The first-order valence-electron chi connectivity index (χ1n) is 9.49. The van der Waals surface area contributed by atoms with Crippen molar-refractivity contribution < 1.29 is 19.1 Å². The number of nitrogens with zero attached hydrogens (tertiary/aromatic N) is 3. The second-order valence-corrected chi connectivity index (χ2v) is 7.25. The molecule has 9 nitrogen and oxygen atoms in total. The van der Waals surface area contributed by atoms with Crippen LogP contribution in [-0.4, -0.2) is 46.6 Å². The van der Waals surface area contributed by atoms with Crippen molar-refractivity contribution in [3.05, 3.63) is 54.1 Å². The molecular weight excluding hydrogens is 418 g/mol. The SMILES string of the molecule is CCn1c(SCC(=O)NNC(=O)c2ccccc2)nnc1-c1cc(OC)cc(OC)c1. The summed E-state index contributed by atoms with van der Waals surface area (Å²) in [4.78, 5) is 24.2. The van der Waals surface area contributed by atoms with E-state index in [0.717, 1.165) is 5.56 Å². The van der Waals surface area contributed by atoms with Crippen LogP contribution in [0.25, 0.3) is 11.4 Å². The van der Waals surface area contributed by atoms with Gasteiger partial charge >= 0.3 is 0 Å². The van der Waals surface area contributed by atoms with Gasteiger partial charge in [-0.05, 0) is 31.2 Å². The number of hydrogen-bond donors (Lipinski definition) is 2. The second-order valence-electron chi connectivity index (χ2n) is 6.31. The Bertz CT molecular complexity index is 1030. The molecule has 0 spiro atoms. The van der Waals surface area contributed by atoms with Crippen molar-refractivity contribution >= 4 is 23.6 Å². The molecule has 1 heterocycles. The van der Waals surface area contributed by atoms with Crippen LogP contribution in [0.3, 0.4) is 0 Å². The van der Waals surface area contributed by atoms with Gasteiger partial charge in [0, 0.05) is 23.7 Å². The van der Waals surface area contributed by atoms with E-state index in [0.29, 0.717) is 34.6 Å². The molecule has 162 valence electrons. The Kier molecular flexibility index (Phi) is 7.50. The van der Waals surface area contributed by atoms with E-state index >= 15 is 0 Å². The molecule has 0 unspecified atom stereocenters. The highest BCUT2D eigenvalue weighted by atomic mass is 32.2. The minimum atomic E-state index is -0.384. The number of thioether (sulfide) groups is 1. The van der Waals surface area contributed by atoms with Gasteiger partial charge in [0.05, 0.1) is 20.0 Å². The number of rotatable bonds is 8. The van der Waals surface area contributed by atoms with E-state index in [2.05, 4.69) is 21.0 Å². The van der Waals surface area contributed by atoms with Gasteiger partial charge in [-0.25, -0.2) is 0 Å². The van der Waals surface area contributed by atoms with Gasteiger partial charge in [-0.15, -0.1) is 10.2 Å². The largest absolute Gasteiger partial charge is 0.497 e. The molecule has 2 N–H and O–H groups in total. The molecule has 2 aromatic carbocycles. The van der Waals surface area contributed by atoms with Crippen LogP contribution in [0.2, 0.25) is 0 Å². The van der Waals surface area contributed by atoms with E-state index in [1.165, 1.54) is 11.8 Å². The average Bonchev–Trinajstić information content (AvgIpc) is 3.24. The van der Waals surface area contributed by atoms with Crippen molar-refractivity contribution in [3.63, 3.8) is 0 Å². The highest BCUT2D eigenvalue weighted by Crippen LogP contribution is 2.30. The zero-order valence-corrected chi connectivity index (χ0v) is 18.2. The summed E-state index contributed by atoms with van der Waals surface area (Å²) in [6, 6.07) is 14.1. The van der Waals surface area contributed by atoms with Crippen molar-refractivity contribution in [2.24, 2.45) is 0 Å². The molecule has 0 saturated carbocycles. The lowest BCUT2D eigenvalue weighted by molar-refractivity contribution is -0.119. The highest BCUT2D eigenvalue weighted by Gasteiger charge is 2.16. The molecule has 3 rings (SSSR count). The van der Waals surface area contributed by atoms with Crippen molar-refractivity contribution in [2.45, 2.75) is 18.6 Å². The number of ether oxygens (including phenoxy) is 2. The fourth-order valence-electron chi connectivity index (χ4n) is 2.78. The first-order valence-corrected chi connectivity index (χ1v) is 10.5. The Hall–Kier alpha value is -3.53. The normalized spacial score (nSPS) is 10.4. The highest BCUT2D eigenvalue weighted by molar-refractivity contribution is 7.99. The number of hydrazine groups is 1. The maximum Gasteiger partial charge on any atom is 0.269 e. The molecule has 0 aliphatic carbocycles. The van der Waals surface area contributed by atoms with Crippen LogP contribution in [0.5, 0.6) is 11.5 Å². The molecule has 2 amide bonds. The molecule has 31 heavy (non-hydrogen) atoms.